The molecule has 0 aliphatic carbocycles. The first-order chi connectivity index (χ1) is 28.3. The number of hydrogen-bond acceptors (Lipinski definition) is 6. The zero-order valence-corrected chi connectivity index (χ0v) is 34.7. The molecule has 0 spiro atoms. The van der Waals surface area contributed by atoms with Gasteiger partial charge in [-0.15, -0.1) is 0 Å². The predicted molar refractivity (Wildman–Crippen MR) is 234 cm³/mol. The van der Waals surface area contributed by atoms with Gasteiger partial charge in [0.1, 0.15) is 11.4 Å². The fourth-order valence-corrected chi connectivity index (χ4v) is 7.90. The van der Waals surface area contributed by atoms with Crippen molar-refractivity contribution < 1.29 is 18.9 Å². The van der Waals surface area contributed by atoms with Gasteiger partial charge in [-0.2, -0.15) is 0 Å². The van der Waals surface area contributed by atoms with Gasteiger partial charge in [-0.1, -0.05) is 107 Å². The van der Waals surface area contributed by atoms with Gasteiger partial charge >= 0.3 is 0 Å². The fraction of sp³-hybridized carbons (Fsp3) is 0.0870. The molecule has 0 saturated heterocycles. The van der Waals surface area contributed by atoms with Gasteiger partial charge in [-0.05, 0) is 72.8 Å². The Morgan fingerprint density at radius 2 is 0.690 bits per heavy atom. The number of methoxy groups -OCH3 is 4. The second kappa shape index (κ2) is 16.5. The number of hydrogen-bond donors (Lipinski definition) is 0. The SMILES string of the molecule is COc1ccc(-c2nc(-c3ccccc3Cl)n(-n3c(-c4ccccc4Cl)nc(-c4ccc(OC)c(OC)c4)c3-c3ccccc3Cl)c2-c2ccccc2Cl)cc1OC. The van der Waals surface area contributed by atoms with Gasteiger partial charge in [0.05, 0.1) is 59.9 Å². The van der Waals surface area contributed by atoms with Crippen LogP contribution in [0.25, 0.3) is 67.8 Å². The van der Waals surface area contributed by atoms with E-state index in [9.17, 15) is 0 Å². The molecule has 2 heterocycles. The zero-order chi connectivity index (χ0) is 40.5. The molecule has 0 radical (unpaired) electrons. The first kappa shape index (κ1) is 38.9. The number of benzene rings is 6. The average Bonchev–Trinajstić information content (AvgIpc) is 3.83. The smallest absolute Gasteiger partial charge is 0.162 e. The number of ether oxygens (including phenoxy) is 4. The molecule has 0 bridgehead atoms. The first-order valence-electron chi connectivity index (χ1n) is 18.0. The highest BCUT2D eigenvalue weighted by Gasteiger charge is 2.32. The topological polar surface area (TPSA) is 72.6 Å². The van der Waals surface area contributed by atoms with Crippen molar-refractivity contribution in [1.82, 2.24) is 19.3 Å². The molecule has 8 rings (SSSR count). The Bertz CT molecular complexity index is 2630. The van der Waals surface area contributed by atoms with Gasteiger partial charge in [-0.3, -0.25) is 0 Å². The molecule has 0 atom stereocenters. The summed E-state index contributed by atoms with van der Waals surface area (Å²) in [6.07, 6.45) is 0. The molecule has 0 saturated carbocycles. The van der Waals surface area contributed by atoms with Crippen molar-refractivity contribution in [3.63, 3.8) is 0 Å². The van der Waals surface area contributed by atoms with Crippen molar-refractivity contribution in [3.05, 3.63) is 154 Å². The van der Waals surface area contributed by atoms with Crippen LogP contribution in [0.3, 0.4) is 0 Å². The van der Waals surface area contributed by atoms with Crippen LogP contribution in [0.2, 0.25) is 20.1 Å². The minimum Gasteiger partial charge on any atom is -0.493 e. The molecule has 0 amide bonds. The molecule has 58 heavy (non-hydrogen) atoms. The second-order valence-corrected chi connectivity index (χ2v) is 14.6. The van der Waals surface area contributed by atoms with Crippen molar-refractivity contribution in [3.8, 4) is 90.8 Å². The summed E-state index contributed by atoms with van der Waals surface area (Å²) in [7, 11) is 6.38. The Hall–Kier alpha value is -5.90. The molecular weight excluding hydrogens is 814 g/mol. The van der Waals surface area contributed by atoms with E-state index in [1.165, 1.54) is 0 Å². The molecule has 8 nitrogen and oxygen atoms in total. The number of rotatable bonds is 11. The van der Waals surface area contributed by atoms with E-state index in [0.29, 0.717) is 99.8 Å². The van der Waals surface area contributed by atoms with Crippen LogP contribution in [0.1, 0.15) is 0 Å². The maximum atomic E-state index is 7.19. The molecule has 0 aliphatic rings. The maximum Gasteiger partial charge on any atom is 0.162 e. The third kappa shape index (κ3) is 6.92. The number of aromatic nitrogens is 4. The van der Waals surface area contributed by atoms with Gasteiger partial charge in [0.15, 0.2) is 34.6 Å². The largest absolute Gasteiger partial charge is 0.493 e. The highest BCUT2D eigenvalue weighted by Crippen LogP contribution is 2.48. The van der Waals surface area contributed by atoms with Crippen LogP contribution in [0, 0.1) is 0 Å². The second-order valence-electron chi connectivity index (χ2n) is 12.9. The van der Waals surface area contributed by atoms with Crippen molar-refractivity contribution in [2.24, 2.45) is 0 Å². The van der Waals surface area contributed by atoms with Crippen LogP contribution in [0.15, 0.2) is 133 Å². The van der Waals surface area contributed by atoms with Gasteiger partial charge in [0.25, 0.3) is 0 Å². The molecule has 0 aliphatic heterocycles. The van der Waals surface area contributed by atoms with Crippen molar-refractivity contribution in [2.75, 3.05) is 28.4 Å². The van der Waals surface area contributed by atoms with E-state index in [-0.39, 0.29) is 0 Å². The molecule has 0 N–H and O–H groups in total. The van der Waals surface area contributed by atoms with Crippen LogP contribution >= 0.6 is 46.4 Å². The summed E-state index contributed by atoms with van der Waals surface area (Å²) >= 11 is 28.6. The van der Waals surface area contributed by atoms with E-state index in [1.807, 2.05) is 143 Å². The Morgan fingerprint density at radius 1 is 0.379 bits per heavy atom. The Balaban J connectivity index is 1.63. The van der Waals surface area contributed by atoms with E-state index in [1.54, 1.807) is 28.4 Å². The first-order valence-corrected chi connectivity index (χ1v) is 19.5. The van der Waals surface area contributed by atoms with Crippen LogP contribution < -0.4 is 18.9 Å². The molecule has 12 heteroatoms. The number of nitrogens with zero attached hydrogens (tertiary/aromatic N) is 4. The Morgan fingerprint density at radius 3 is 1.00 bits per heavy atom. The van der Waals surface area contributed by atoms with Gasteiger partial charge in [0.2, 0.25) is 0 Å². The highest BCUT2D eigenvalue weighted by atomic mass is 35.5. The van der Waals surface area contributed by atoms with Crippen LogP contribution in [-0.4, -0.2) is 47.8 Å². The molecule has 6 aromatic carbocycles. The molecule has 8 aromatic rings. The van der Waals surface area contributed by atoms with Gasteiger partial charge < -0.3 is 18.9 Å². The lowest BCUT2D eigenvalue weighted by Gasteiger charge is -2.21. The highest BCUT2D eigenvalue weighted by molar-refractivity contribution is 6.35. The molecule has 0 fully saturated rings. The minimum absolute atomic E-state index is 0.470. The third-order valence-corrected chi connectivity index (χ3v) is 11.0. The van der Waals surface area contributed by atoms with Crippen molar-refractivity contribution in [1.29, 1.82) is 0 Å². The zero-order valence-electron chi connectivity index (χ0n) is 31.6. The normalized spacial score (nSPS) is 11.1. The fourth-order valence-electron chi connectivity index (χ4n) is 7.01. The Labute approximate surface area is 355 Å². The summed E-state index contributed by atoms with van der Waals surface area (Å²) in [5.74, 6) is 3.11. The number of halogens is 4. The van der Waals surface area contributed by atoms with E-state index in [4.69, 9.17) is 75.3 Å². The summed E-state index contributed by atoms with van der Waals surface area (Å²) in [4.78, 5) is 10.9. The van der Waals surface area contributed by atoms with E-state index in [2.05, 4.69) is 0 Å². The van der Waals surface area contributed by atoms with E-state index >= 15 is 0 Å². The lowest BCUT2D eigenvalue weighted by atomic mass is 10.0. The van der Waals surface area contributed by atoms with Crippen LogP contribution in [0.5, 0.6) is 23.0 Å². The summed E-state index contributed by atoms with van der Waals surface area (Å²) in [6.45, 7) is 0. The lowest BCUT2D eigenvalue weighted by molar-refractivity contribution is 0.355. The molecular formula is C46H34Cl4N4O4. The quantitative estimate of drug-likeness (QED) is 0.129. The van der Waals surface area contributed by atoms with E-state index < -0.39 is 0 Å². The molecule has 2 aromatic heterocycles. The van der Waals surface area contributed by atoms with Gasteiger partial charge in [-0.25, -0.2) is 19.3 Å². The predicted octanol–water partition coefficient (Wildman–Crippen LogP) is 13.0. The van der Waals surface area contributed by atoms with Crippen LogP contribution in [0.4, 0.5) is 0 Å². The Kier molecular flexibility index (Phi) is 11.1. The standard InChI is InChI=1S/C46H34Cl4N4O4/c1-55-37-23-21-27(25-39(37)57-3)41-43(29-13-5-9-17-33(29)47)53(45(51-41)31-15-7-11-19-35(31)49)54-44(30-14-6-10-18-34(30)48)42(28-22-24-38(56-2)40(26-28)58-4)52-46(54)32-16-8-12-20-36(32)50/h5-26H,1-4H3. The summed E-state index contributed by atoms with van der Waals surface area (Å²) in [5.41, 5.74) is 6.45. The molecule has 0 unspecified atom stereocenters. The maximum absolute atomic E-state index is 7.19. The lowest BCUT2D eigenvalue weighted by Crippen LogP contribution is -2.16. The van der Waals surface area contributed by atoms with E-state index in [0.717, 1.165) is 11.1 Å². The van der Waals surface area contributed by atoms with Gasteiger partial charge in [0, 0.05) is 33.4 Å². The summed E-state index contributed by atoms with van der Waals surface area (Å²) in [6, 6.07) is 41.6. The van der Waals surface area contributed by atoms with Crippen molar-refractivity contribution in [2.45, 2.75) is 0 Å². The summed E-state index contributed by atoms with van der Waals surface area (Å²) in [5, 5.41) is 1.90. The van der Waals surface area contributed by atoms with Crippen molar-refractivity contribution >= 4 is 46.4 Å². The number of imidazole rings is 2. The average molecular weight is 849 g/mol. The summed E-state index contributed by atoms with van der Waals surface area (Å²) < 4.78 is 26.8. The van der Waals surface area contributed by atoms with Crippen LogP contribution in [-0.2, 0) is 0 Å². The monoisotopic (exact) mass is 846 g/mol. The third-order valence-electron chi connectivity index (χ3n) is 9.71. The minimum atomic E-state index is 0.470. The molecule has 290 valence electrons.